The van der Waals surface area contributed by atoms with Gasteiger partial charge in [-0.15, -0.1) is 0 Å². The highest BCUT2D eigenvalue weighted by Gasteiger charge is 2.15. The van der Waals surface area contributed by atoms with Crippen LogP contribution >= 0.6 is 0 Å². The summed E-state index contributed by atoms with van der Waals surface area (Å²) in [5.74, 6) is -0.939. The second-order valence-corrected chi connectivity index (χ2v) is 7.31. The minimum absolute atomic E-state index is 0.136. The molecule has 29 heavy (non-hydrogen) atoms. The number of carbonyl (C=O) groups excluding carboxylic acids is 1. The molecule has 0 aliphatic heterocycles. The van der Waals surface area contributed by atoms with Gasteiger partial charge in [-0.25, -0.2) is 4.79 Å². The molecule has 0 unspecified atom stereocenters. The number of unbranched alkanes of at least 4 members (excludes halogenated alkanes) is 2. The van der Waals surface area contributed by atoms with Gasteiger partial charge in [0.1, 0.15) is 11.2 Å². The fourth-order valence-corrected chi connectivity index (χ4v) is 3.46. The molecule has 0 atom stereocenters. The van der Waals surface area contributed by atoms with Crippen LogP contribution in [0.1, 0.15) is 48.8 Å². The van der Waals surface area contributed by atoms with Gasteiger partial charge in [0, 0.05) is 41.8 Å². The van der Waals surface area contributed by atoms with E-state index in [0.717, 1.165) is 34.7 Å². The number of fused-ring (bicyclic) bond motifs is 2. The Morgan fingerprint density at radius 1 is 1.03 bits per heavy atom. The molecule has 0 aliphatic rings. The Morgan fingerprint density at radius 3 is 2.59 bits per heavy atom. The first-order chi connectivity index (χ1) is 13.9. The van der Waals surface area contributed by atoms with Gasteiger partial charge < -0.3 is 19.3 Å². The zero-order chi connectivity index (χ0) is 21.0. The summed E-state index contributed by atoms with van der Waals surface area (Å²) in [6, 6.07) is 3.69. The van der Waals surface area contributed by atoms with E-state index in [4.69, 9.17) is 13.9 Å². The van der Waals surface area contributed by atoms with Crippen molar-refractivity contribution in [2.75, 3.05) is 6.54 Å². The van der Waals surface area contributed by atoms with Crippen LogP contribution < -0.4 is 10.9 Å². The molecule has 154 valence electrons. The fraction of sp³-hybridized carbons (Fsp3) is 0.409. The van der Waals surface area contributed by atoms with Crippen LogP contribution in [0.4, 0.5) is 0 Å². The van der Waals surface area contributed by atoms with Gasteiger partial charge in [-0.05, 0) is 50.3 Å². The number of aliphatic carboxylic acids is 1. The summed E-state index contributed by atoms with van der Waals surface area (Å²) in [5, 5.41) is 13.2. The molecule has 2 N–H and O–H groups in total. The first-order valence-corrected chi connectivity index (χ1v) is 9.79. The predicted octanol–water partition coefficient (Wildman–Crippen LogP) is 3.85. The van der Waals surface area contributed by atoms with Crippen LogP contribution in [0.3, 0.4) is 0 Å². The Hall–Kier alpha value is -3.09. The average Bonchev–Trinajstić information content (AvgIpc) is 3.03. The van der Waals surface area contributed by atoms with Gasteiger partial charge in [0.2, 0.25) is 5.91 Å². The van der Waals surface area contributed by atoms with Crippen molar-refractivity contribution in [3.63, 3.8) is 0 Å². The second-order valence-electron chi connectivity index (χ2n) is 7.31. The SMILES string of the molecule is Cc1coc2cc3oc(=O)c(CCC(=O)NCCCCCC(=O)O)c(C)c3cc12. The Balaban J connectivity index is 1.63. The molecule has 0 saturated heterocycles. The van der Waals surface area contributed by atoms with Crippen LogP contribution in [0.5, 0.6) is 0 Å². The molecule has 0 aliphatic carbocycles. The number of nitrogens with one attached hydrogen (secondary N) is 1. The summed E-state index contributed by atoms with van der Waals surface area (Å²) >= 11 is 0. The van der Waals surface area contributed by atoms with E-state index >= 15 is 0 Å². The number of aryl methyl sites for hydroxylation is 2. The fourth-order valence-electron chi connectivity index (χ4n) is 3.46. The first-order valence-electron chi connectivity index (χ1n) is 9.79. The van der Waals surface area contributed by atoms with Crippen LogP contribution in [-0.2, 0) is 16.0 Å². The Labute approximate surface area is 167 Å². The van der Waals surface area contributed by atoms with Crippen molar-refractivity contribution < 1.29 is 23.5 Å². The number of carboxylic acids is 1. The Bertz CT molecular complexity index is 1110. The number of benzene rings is 1. The number of rotatable bonds is 9. The Kier molecular flexibility index (Phi) is 6.36. The molecule has 0 spiro atoms. The van der Waals surface area contributed by atoms with E-state index in [0.29, 0.717) is 36.1 Å². The van der Waals surface area contributed by atoms with E-state index in [1.807, 2.05) is 19.9 Å². The van der Waals surface area contributed by atoms with Crippen molar-refractivity contribution in [1.29, 1.82) is 0 Å². The van der Waals surface area contributed by atoms with Crippen molar-refractivity contribution in [2.45, 2.75) is 52.4 Å². The normalized spacial score (nSPS) is 11.2. The molecule has 1 amide bonds. The maximum Gasteiger partial charge on any atom is 0.339 e. The molecular formula is C22H25NO6. The minimum Gasteiger partial charge on any atom is -0.481 e. The summed E-state index contributed by atoms with van der Waals surface area (Å²) in [6.07, 6.45) is 4.40. The lowest BCUT2D eigenvalue weighted by molar-refractivity contribution is -0.137. The van der Waals surface area contributed by atoms with Crippen molar-refractivity contribution >= 4 is 33.8 Å². The van der Waals surface area contributed by atoms with Crippen LogP contribution in [-0.4, -0.2) is 23.5 Å². The maximum absolute atomic E-state index is 12.4. The van der Waals surface area contributed by atoms with Crippen molar-refractivity contribution in [2.24, 2.45) is 0 Å². The highest BCUT2D eigenvalue weighted by Crippen LogP contribution is 2.28. The lowest BCUT2D eigenvalue weighted by Gasteiger charge is -2.09. The van der Waals surface area contributed by atoms with Gasteiger partial charge in [0.05, 0.1) is 6.26 Å². The van der Waals surface area contributed by atoms with Gasteiger partial charge in [-0.2, -0.15) is 0 Å². The topological polar surface area (TPSA) is 110 Å². The van der Waals surface area contributed by atoms with Gasteiger partial charge in [-0.3, -0.25) is 9.59 Å². The summed E-state index contributed by atoms with van der Waals surface area (Å²) in [7, 11) is 0. The third kappa shape index (κ3) is 4.85. The molecule has 1 aromatic carbocycles. The zero-order valence-electron chi connectivity index (χ0n) is 16.7. The van der Waals surface area contributed by atoms with E-state index in [-0.39, 0.29) is 18.7 Å². The van der Waals surface area contributed by atoms with E-state index in [1.165, 1.54) is 0 Å². The lowest BCUT2D eigenvalue weighted by atomic mass is 10.0. The van der Waals surface area contributed by atoms with Crippen molar-refractivity contribution in [1.82, 2.24) is 5.32 Å². The van der Waals surface area contributed by atoms with Gasteiger partial charge in [-0.1, -0.05) is 6.42 Å². The van der Waals surface area contributed by atoms with Crippen molar-refractivity contribution in [3.8, 4) is 0 Å². The van der Waals surface area contributed by atoms with E-state index in [2.05, 4.69) is 5.32 Å². The summed E-state index contributed by atoms with van der Waals surface area (Å²) in [5.41, 5.74) is 3.06. The Morgan fingerprint density at radius 2 is 1.83 bits per heavy atom. The van der Waals surface area contributed by atoms with Crippen molar-refractivity contribution in [3.05, 3.63) is 45.5 Å². The number of hydrogen-bond acceptors (Lipinski definition) is 5. The molecule has 3 aromatic rings. The third-order valence-corrected chi connectivity index (χ3v) is 5.17. The number of amides is 1. The molecule has 2 heterocycles. The smallest absolute Gasteiger partial charge is 0.339 e. The van der Waals surface area contributed by atoms with Crippen LogP contribution in [0, 0.1) is 13.8 Å². The number of hydrogen-bond donors (Lipinski definition) is 2. The molecule has 3 rings (SSSR count). The average molecular weight is 399 g/mol. The minimum atomic E-state index is -0.803. The van der Waals surface area contributed by atoms with E-state index in [1.54, 1.807) is 12.3 Å². The number of furan rings is 1. The standard InChI is InChI=1S/C22H25NO6/c1-13-12-28-18-11-19-17(10-16(13)18)14(2)15(22(27)29-19)7-8-20(24)23-9-5-3-4-6-21(25)26/h10-12H,3-9H2,1-2H3,(H,23,24)(H,25,26). The molecule has 0 bridgehead atoms. The van der Waals surface area contributed by atoms with Gasteiger partial charge >= 0.3 is 11.6 Å². The molecule has 2 aromatic heterocycles. The van der Waals surface area contributed by atoms with Crippen LogP contribution in [0.15, 0.2) is 32.0 Å². The lowest BCUT2D eigenvalue weighted by Crippen LogP contribution is -2.25. The largest absolute Gasteiger partial charge is 0.481 e. The maximum atomic E-state index is 12.4. The monoisotopic (exact) mass is 399 g/mol. The molecular weight excluding hydrogens is 374 g/mol. The summed E-state index contributed by atoms with van der Waals surface area (Å²) in [6.45, 7) is 4.33. The highest BCUT2D eigenvalue weighted by molar-refractivity contribution is 5.96. The summed E-state index contributed by atoms with van der Waals surface area (Å²) in [4.78, 5) is 35.0. The third-order valence-electron chi connectivity index (χ3n) is 5.17. The molecule has 7 nitrogen and oxygen atoms in total. The van der Waals surface area contributed by atoms with Gasteiger partial charge in [0.15, 0.2) is 0 Å². The molecule has 7 heteroatoms. The molecule has 0 radical (unpaired) electrons. The predicted molar refractivity (Wildman–Crippen MR) is 109 cm³/mol. The quantitative estimate of drug-likeness (QED) is 0.418. The van der Waals surface area contributed by atoms with Gasteiger partial charge in [0.25, 0.3) is 0 Å². The molecule has 0 fully saturated rings. The van der Waals surface area contributed by atoms with Crippen LogP contribution in [0.25, 0.3) is 21.9 Å². The van der Waals surface area contributed by atoms with E-state index < -0.39 is 11.6 Å². The number of carbonyl (C=O) groups is 2. The molecule has 0 saturated carbocycles. The first kappa shape index (κ1) is 20.6. The highest BCUT2D eigenvalue weighted by atomic mass is 16.4. The van der Waals surface area contributed by atoms with Crippen LogP contribution in [0.2, 0.25) is 0 Å². The number of carboxylic acid groups (broad SMARTS) is 1. The second kappa shape index (κ2) is 8.94. The zero-order valence-corrected chi connectivity index (χ0v) is 16.7. The van der Waals surface area contributed by atoms with E-state index in [9.17, 15) is 14.4 Å². The summed E-state index contributed by atoms with van der Waals surface area (Å²) < 4.78 is 10.9.